The van der Waals surface area contributed by atoms with Crippen molar-refractivity contribution in [2.45, 2.75) is 25.3 Å². The Morgan fingerprint density at radius 2 is 2.40 bits per heavy atom. The molecule has 0 aromatic carbocycles. The number of nitrogens with two attached hydrogens (primary N) is 1. The first-order chi connectivity index (χ1) is 4.79. The first-order valence-electron chi connectivity index (χ1n) is 3.85. The fraction of sp³-hybridized carbons (Fsp3) is 0.857. The Balaban J connectivity index is 2.02. The molecule has 56 valence electrons. The Labute approximate surface area is 60.2 Å². The molecule has 1 saturated carbocycles. The highest BCUT2D eigenvalue weighted by atomic mass is 16.2. The number of hydrogen-bond donors (Lipinski definition) is 1. The number of primary amides is 1. The van der Waals surface area contributed by atoms with E-state index in [-0.39, 0.29) is 6.03 Å². The Morgan fingerprint density at radius 1 is 1.60 bits per heavy atom. The molecule has 1 aliphatic heterocycles. The lowest BCUT2D eigenvalue weighted by Crippen LogP contribution is -2.40. The predicted molar refractivity (Wildman–Crippen MR) is 37.4 cm³/mol. The smallest absolute Gasteiger partial charge is 0.315 e. The van der Waals surface area contributed by atoms with Crippen molar-refractivity contribution in [3.8, 4) is 0 Å². The molecule has 2 fully saturated rings. The molecule has 3 heteroatoms. The van der Waals surface area contributed by atoms with Gasteiger partial charge in [-0.25, -0.2) is 4.79 Å². The minimum atomic E-state index is -0.229. The van der Waals surface area contributed by atoms with Gasteiger partial charge in [0.2, 0.25) is 0 Å². The molecule has 1 heterocycles. The van der Waals surface area contributed by atoms with Gasteiger partial charge >= 0.3 is 6.03 Å². The molecular formula is C7H12N2O. The summed E-state index contributed by atoms with van der Waals surface area (Å²) in [5.74, 6) is 0.793. The van der Waals surface area contributed by atoms with Crippen LogP contribution in [0.1, 0.15) is 19.3 Å². The van der Waals surface area contributed by atoms with E-state index in [0.717, 1.165) is 18.9 Å². The summed E-state index contributed by atoms with van der Waals surface area (Å²) in [4.78, 5) is 12.6. The van der Waals surface area contributed by atoms with Crippen LogP contribution in [-0.4, -0.2) is 23.5 Å². The monoisotopic (exact) mass is 140 g/mol. The quantitative estimate of drug-likeness (QED) is 0.524. The summed E-state index contributed by atoms with van der Waals surface area (Å²) in [7, 11) is 0. The molecule has 2 amide bonds. The number of piperidine rings is 1. The van der Waals surface area contributed by atoms with Gasteiger partial charge in [0, 0.05) is 12.6 Å². The Hall–Kier alpha value is -0.730. The van der Waals surface area contributed by atoms with E-state index < -0.39 is 0 Å². The maximum atomic E-state index is 10.7. The second-order valence-corrected chi connectivity index (χ2v) is 3.24. The number of amides is 2. The number of fused-ring (bicyclic) bond motifs is 1. The standard InChI is InChI=1S/C7H12N2O/c8-7(10)9-3-1-2-5-4-6(5)9/h5-6H,1-4H2,(H2,8,10). The molecule has 0 radical (unpaired) electrons. The van der Waals surface area contributed by atoms with Crippen LogP contribution < -0.4 is 5.73 Å². The van der Waals surface area contributed by atoms with Gasteiger partial charge in [0.15, 0.2) is 0 Å². The average Bonchev–Trinajstić information content (AvgIpc) is 2.63. The van der Waals surface area contributed by atoms with Crippen LogP contribution in [0.5, 0.6) is 0 Å². The Kier molecular flexibility index (Phi) is 1.13. The minimum absolute atomic E-state index is 0.229. The average molecular weight is 140 g/mol. The first kappa shape index (κ1) is 6.01. The first-order valence-corrected chi connectivity index (χ1v) is 3.85. The molecule has 2 atom stereocenters. The Morgan fingerprint density at radius 3 is 3.00 bits per heavy atom. The topological polar surface area (TPSA) is 46.3 Å². The molecule has 2 aliphatic rings. The van der Waals surface area contributed by atoms with Gasteiger partial charge in [-0.15, -0.1) is 0 Å². The van der Waals surface area contributed by atoms with Gasteiger partial charge in [0.1, 0.15) is 0 Å². The lowest BCUT2D eigenvalue weighted by atomic mass is 10.1. The van der Waals surface area contributed by atoms with E-state index in [1.807, 2.05) is 4.90 Å². The highest BCUT2D eigenvalue weighted by Crippen LogP contribution is 2.42. The van der Waals surface area contributed by atoms with Gasteiger partial charge in [0.05, 0.1) is 0 Å². The second kappa shape index (κ2) is 1.87. The maximum absolute atomic E-state index is 10.7. The predicted octanol–water partition coefficient (Wildman–Crippen LogP) is 0.549. The van der Waals surface area contributed by atoms with Crippen LogP contribution in [0.15, 0.2) is 0 Å². The molecule has 0 aromatic heterocycles. The summed E-state index contributed by atoms with van der Waals surface area (Å²) < 4.78 is 0. The van der Waals surface area contributed by atoms with E-state index in [1.54, 1.807) is 0 Å². The number of rotatable bonds is 0. The molecule has 2 unspecified atom stereocenters. The zero-order chi connectivity index (χ0) is 7.14. The summed E-state index contributed by atoms with van der Waals surface area (Å²) in [5, 5.41) is 0. The largest absolute Gasteiger partial charge is 0.351 e. The summed E-state index contributed by atoms with van der Waals surface area (Å²) in [5.41, 5.74) is 5.17. The molecule has 0 bridgehead atoms. The zero-order valence-electron chi connectivity index (χ0n) is 5.92. The molecule has 3 nitrogen and oxygen atoms in total. The lowest BCUT2D eigenvalue weighted by Gasteiger charge is -2.24. The molecule has 0 spiro atoms. The molecule has 2 rings (SSSR count). The van der Waals surface area contributed by atoms with Crippen molar-refractivity contribution in [1.82, 2.24) is 4.90 Å². The van der Waals surface area contributed by atoms with Crippen LogP contribution in [-0.2, 0) is 0 Å². The molecule has 1 aliphatic carbocycles. The van der Waals surface area contributed by atoms with Crippen molar-refractivity contribution >= 4 is 6.03 Å². The third-order valence-corrected chi connectivity index (χ3v) is 2.54. The fourth-order valence-corrected chi connectivity index (χ4v) is 1.89. The number of urea groups is 1. The molecule has 0 aromatic rings. The minimum Gasteiger partial charge on any atom is -0.351 e. The fourth-order valence-electron chi connectivity index (χ4n) is 1.89. The Bertz CT molecular complexity index is 169. The molecular weight excluding hydrogens is 128 g/mol. The van der Waals surface area contributed by atoms with Crippen LogP contribution in [0.4, 0.5) is 4.79 Å². The van der Waals surface area contributed by atoms with Crippen molar-refractivity contribution in [3.05, 3.63) is 0 Å². The van der Waals surface area contributed by atoms with Gasteiger partial charge < -0.3 is 10.6 Å². The third kappa shape index (κ3) is 0.770. The SMILES string of the molecule is NC(=O)N1CCCC2CC21. The van der Waals surface area contributed by atoms with E-state index in [9.17, 15) is 4.79 Å². The number of likely N-dealkylation sites (tertiary alicyclic amines) is 1. The van der Waals surface area contributed by atoms with Crippen molar-refractivity contribution < 1.29 is 4.79 Å². The van der Waals surface area contributed by atoms with Gasteiger partial charge in [-0.2, -0.15) is 0 Å². The van der Waals surface area contributed by atoms with Crippen molar-refractivity contribution in [3.63, 3.8) is 0 Å². The summed E-state index contributed by atoms with van der Waals surface area (Å²) in [6.45, 7) is 0.885. The van der Waals surface area contributed by atoms with Gasteiger partial charge in [-0.3, -0.25) is 0 Å². The van der Waals surface area contributed by atoms with Crippen LogP contribution in [0.3, 0.4) is 0 Å². The van der Waals surface area contributed by atoms with Crippen LogP contribution in [0.2, 0.25) is 0 Å². The highest BCUT2D eigenvalue weighted by molar-refractivity contribution is 5.73. The van der Waals surface area contributed by atoms with E-state index in [1.165, 1.54) is 12.8 Å². The van der Waals surface area contributed by atoms with E-state index in [4.69, 9.17) is 5.73 Å². The number of hydrogen-bond acceptors (Lipinski definition) is 1. The number of nitrogens with zero attached hydrogens (tertiary/aromatic N) is 1. The molecule has 1 saturated heterocycles. The third-order valence-electron chi connectivity index (χ3n) is 2.54. The van der Waals surface area contributed by atoms with E-state index in [2.05, 4.69) is 0 Å². The van der Waals surface area contributed by atoms with Crippen molar-refractivity contribution in [2.24, 2.45) is 11.7 Å². The summed E-state index contributed by atoms with van der Waals surface area (Å²) in [6, 6.07) is 0.290. The van der Waals surface area contributed by atoms with E-state index in [0.29, 0.717) is 6.04 Å². The van der Waals surface area contributed by atoms with Gasteiger partial charge in [-0.1, -0.05) is 0 Å². The maximum Gasteiger partial charge on any atom is 0.315 e. The molecule has 10 heavy (non-hydrogen) atoms. The summed E-state index contributed by atoms with van der Waals surface area (Å²) in [6.07, 6.45) is 3.64. The van der Waals surface area contributed by atoms with Gasteiger partial charge in [0.25, 0.3) is 0 Å². The number of carbonyl (C=O) groups is 1. The van der Waals surface area contributed by atoms with Crippen molar-refractivity contribution in [2.75, 3.05) is 6.54 Å². The van der Waals surface area contributed by atoms with Crippen LogP contribution in [0, 0.1) is 5.92 Å². The second-order valence-electron chi connectivity index (χ2n) is 3.24. The van der Waals surface area contributed by atoms with Gasteiger partial charge in [-0.05, 0) is 25.2 Å². The zero-order valence-corrected chi connectivity index (χ0v) is 5.92. The van der Waals surface area contributed by atoms with Crippen LogP contribution >= 0.6 is 0 Å². The highest BCUT2D eigenvalue weighted by Gasteiger charge is 2.45. The van der Waals surface area contributed by atoms with Crippen molar-refractivity contribution in [1.29, 1.82) is 0 Å². The normalized spacial score (nSPS) is 37.0. The van der Waals surface area contributed by atoms with E-state index >= 15 is 0 Å². The number of carbonyl (C=O) groups excluding carboxylic acids is 1. The molecule has 2 N–H and O–H groups in total. The lowest BCUT2D eigenvalue weighted by molar-refractivity contribution is 0.191. The summed E-state index contributed by atoms with van der Waals surface area (Å²) >= 11 is 0. The van der Waals surface area contributed by atoms with Crippen LogP contribution in [0.25, 0.3) is 0 Å².